The summed E-state index contributed by atoms with van der Waals surface area (Å²) in [6.07, 6.45) is 19.7. The molecule has 0 unspecified atom stereocenters. The van der Waals surface area contributed by atoms with Gasteiger partial charge in [0.05, 0.1) is 7.11 Å². The second kappa shape index (κ2) is 16.6. The maximum absolute atomic E-state index is 11.0. The third kappa shape index (κ3) is 15.6. The van der Waals surface area contributed by atoms with Crippen molar-refractivity contribution in [2.75, 3.05) is 7.11 Å². The molecule has 2 nitrogen and oxygen atoms in total. The summed E-state index contributed by atoms with van der Waals surface area (Å²) in [6.45, 7) is 4.55. The van der Waals surface area contributed by atoms with Crippen LogP contribution in [0.2, 0.25) is 0 Å². The lowest BCUT2D eigenvalue weighted by Crippen LogP contribution is -1.99. The number of allylic oxidation sites excluding steroid dienone is 2. The lowest BCUT2D eigenvalue weighted by molar-refractivity contribution is -0.140. The van der Waals surface area contributed by atoms with Crippen molar-refractivity contribution >= 4 is 5.97 Å². The third-order valence-electron chi connectivity index (χ3n) is 4.23. The van der Waals surface area contributed by atoms with Gasteiger partial charge in [-0.1, -0.05) is 69.9 Å². The summed E-state index contributed by atoms with van der Waals surface area (Å²) in [4.78, 5) is 11.0. The Balaban J connectivity index is 3.31. The first kappa shape index (κ1) is 21.2. The normalized spacial score (nSPS) is 11.7. The van der Waals surface area contributed by atoms with Crippen molar-refractivity contribution in [3.05, 3.63) is 11.6 Å². The largest absolute Gasteiger partial charge is 0.469 e. The smallest absolute Gasteiger partial charge is 0.305 e. The summed E-state index contributed by atoms with van der Waals surface area (Å²) in [5.41, 5.74) is 1.57. The Morgan fingerprint density at radius 2 is 1.36 bits per heavy atom. The van der Waals surface area contributed by atoms with Crippen LogP contribution in [0.25, 0.3) is 0 Å². The number of carbonyl (C=O) groups is 1. The topological polar surface area (TPSA) is 26.3 Å². The summed E-state index contributed by atoms with van der Waals surface area (Å²) in [5, 5.41) is 0. The Labute approximate surface area is 138 Å². The number of hydrogen-bond donors (Lipinski definition) is 0. The number of ether oxygens (including phenoxy) is 1. The zero-order valence-electron chi connectivity index (χ0n) is 15.3. The molecule has 0 aromatic heterocycles. The van der Waals surface area contributed by atoms with Crippen molar-refractivity contribution in [2.45, 2.75) is 104 Å². The average molecular weight is 311 g/mol. The highest BCUT2D eigenvalue weighted by Gasteiger charge is 1.99. The highest BCUT2D eigenvalue weighted by Crippen LogP contribution is 2.13. The molecule has 0 radical (unpaired) electrons. The molecule has 0 saturated carbocycles. The Morgan fingerprint density at radius 1 is 0.818 bits per heavy atom. The molecule has 0 N–H and O–H groups in total. The van der Waals surface area contributed by atoms with Gasteiger partial charge < -0.3 is 4.74 Å². The van der Waals surface area contributed by atoms with Crippen molar-refractivity contribution in [2.24, 2.45) is 0 Å². The van der Waals surface area contributed by atoms with Gasteiger partial charge in [0, 0.05) is 6.42 Å². The second-order valence-electron chi connectivity index (χ2n) is 6.45. The number of rotatable bonds is 15. The Bertz CT molecular complexity index is 281. The standard InChI is InChI=1S/C20H38O2/c1-4-5-6-7-10-13-16-19(2)17-14-11-8-9-12-15-18-20(21)22-3/h17H,4-16,18H2,1-3H3. The zero-order chi connectivity index (χ0) is 16.5. The Kier molecular flexibility index (Phi) is 16.0. The number of unbranched alkanes of at least 4 members (excludes halogenated alkanes) is 10. The van der Waals surface area contributed by atoms with Crippen molar-refractivity contribution in [3.8, 4) is 0 Å². The van der Waals surface area contributed by atoms with Crippen LogP contribution in [0.1, 0.15) is 104 Å². The highest BCUT2D eigenvalue weighted by atomic mass is 16.5. The van der Waals surface area contributed by atoms with E-state index in [0.717, 1.165) is 12.8 Å². The summed E-state index contributed by atoms with van der Waals surface area (Å²) < 4.78 is 4.63. The van der Waals surface area contributed by atoms with Crippen molar-refractivity contribution in [1.82, 2.24) is 0 Å². The van der Waals surface area contributed by atoms with E-state index in [2.05, 4.69) is 24.7 Å². The van der Waals surface area contributed by atoms with Gasteiger partial charge in [0.2, 0.25) is 0 Å². The van der Waals surface area contributed by atoms with Crippen molar-refractivity contribution in [3.63, 3.8) is 0 Å². The van der Waals surface area contributed by atoms with Crippen LogP contribution in [0.3, 0.4) is 0 Å². The maximum atomic E-state index is 11.0. The van der Waals surface area contributed by atoms with Crippen LogP contribution in [0.15, 0.2) is 11.6 Å². The van der Waals surface area contributed by atoms with E-state index in [0.29, 0.717) is 6.42 Å². The van der Waals surface area contributed by atoms with Gasteiger partial charge >= 0.3 is 5.97 Å². The molecule has 130 valence electrons. The minimum absolute atomic E-state index is 0.0757. The van der Waals surface area contributed by atoms with Gasteiger partial charge in [-0.2, -0.15) is 0 Å². The number of esters is 1. The molecule has 0 aliphatic heterocycles. The molecule has 0 aliphatic carbocycles. The van der Waals surface area contributed by atoms with E-state index in [1.165, 1.54) is 77.7 Å². The molecule has 0 saturated heterocycles. The highest BCUT2D eigenvalue weighted by molar-refractivity contribution is 5.68. The van der Waals surface area contributed by atoms with Crippen molar-refractivity contribution in [1.29, 1.82) is 0 Å². The molecule has 2 heteroatoms. The van der Waals surface area contributed by atoms with E-state index in [9.17, 15) is 4.79 Å². The molecular weight excluding hydrogens is 272 g/mol. The van der Waals surface area contributed by atoms with Gasteiger partial charge in [-0.05, 0) is 39.0 Å². The molecule has 0 fully saturated rings. The van der Waals surface area contributed by atoms with Gasteiger partial charge in [-0.3, -0.25) is 4.79 Å². The number of methoxy groups -OCH3 is 1. The van der Waals surface area contributed by atoms with Gasteiger partial charge in [0.1, 0.15) is 0 Å². The number of hydrogen-bond acceptors (Lipinski definition) is 2. The van der Waals surface area contributed by atoms with Gasteiger partial charge in [-0.15, -0.1) is 0 Å². The zero-order valence-corrected chi connectivity index (χ0v) is 15.3. The molecule has 0 spiro atoms. The predicted octanol–water partition coefficient (Wildman–Crippen LogP) is 6.59. The molecule has 0 heterocycles. The third-order valence-corrected chi connectivity index (χ3v) is 4.23. The van der Waals surface area contributed by atoms with E-state index in [-0.39, 0.29) is 5.97 Å². The molecule has 0 bridgehead atoms. The van der Waals surface area contributed by atoms with E-state index in [1.54, 1.807) is 5.57 Å². The fourth-order valence-electron chi connectivity index (χ4n) is 2.68. The van der Waals surface area contributed by atoms with E-state index in [4.69, 9.17) is 0 Å². The molecule has 0 aliphatic rings. The lowest BCUT2D eigenvalue weighted by atomic mass is 10.0. The molecule has 0 rings (SSSR count). The minimum Gasteiger partial charge on any atom is -0.469 e. The lowest BCUT2D eigenvalue weighted by Gasteiger charge is -2.03. The van der Waals surface area contributed by atoms with Gasteiger partial charge in [-0.25, -0.2) is 0 Å². The summed E-state index contributed by atoms with van der Waals surface area (Å²) in [7, 11) is 1.46. The van der Waals surface area contributed by atoms with Crippen LogP contribution in [0.5, 0.6) is 0 Å². The predicted molar refractivity (Wildman–Crippen MR) is 96.1 cm³/mol. The Hall–Kier alpha value is -0.790. The summed E-state index contributed by atoms with van der Waals surface area (Å²) in [6, 6.07) is 0. The molecule has 0 aromatic rings. The fourth-order valence-corrected chi connectivity index (χ4v) is 2.68. The maximum Gasteiger partial charge on any atom is 0.305 e. The van der Waals surface area contributed by atoms with Crippen LogP contribution in [0.4, 0.5) is 0 Å². The quantitative estimate of drug-likeness (QED) is 0.194. The molecular formula is C20H38O2. The van der Waals surface area contributed by atoms with Crippen LogP contribution in [0, 0.1) is 0 Å². The number of carbonyl (C=O) groups excluding carboxylic acids is 1. The average Bonchev–Trinajstić information content (AvgIpc) is 2.52. The molecule has 22 heavy (non-hydrogen) atoms. The van der Waals surface area contributed by atoms with Crippen LogP contribution in [-0.2, 0) is 9.53 Å². The molecule has 0 atom stereocenters. The van der Waals surface area contributed by atoms with E-state index >= 15 is 0 Å². The molecule has 0 amide bonds. The monoisotopic (exact) mass is 310 g/mol. The Morgan fingerprint density at radius 3 is 2.00 bits per heavy atom. The van der Waals surface area contributed by atoms with Crippen LogP contribution in [-0.4, -0.2) is 13.1 Å². The van der Waals surface area contributed by atoms with Crippen LogP contribution >= 0.6 is 0 Å². The van der Waals surface area contributed by atoms with Gasteiger partial charge in [0.25, 0.3) is 0 Å². The molecule has 0 aromatic carbocycles. The SMILES string of the molecule is CCCCCCCCC(C)=CCCCCCCCC(=O)OC. The summed E-state index contributed by atoms with van der Waals surface area (Å²) >= 11 is 0. The first-order valence-electron chi connectivity index (χ1n) is 9.43. The van der Waals surface area contributed by atoms with E-state index < -0.39 is 0 Å². The van der Waals surface area contributed by atoms with E-state index in [1.807, 2.05) is 0 Å². The summed E-state index contributed by atoms with van der Waals surface area (Å²) in [5.74, 6) is -0.0757. The second-order valence-corrected chi connectivity index (χ2v) is 6.45. The fraction of sp³-hybridized carbons (Fsp3) is 0.850. The van der Waals surface area contributed by atoms with Crippen LogP contribution < -0.4 is 0 Å². The van der Waals surface area contributed by atoms with Gasteiger partial charge in [0.15, 0.2) is 0 Å². The van der Waals surface area contributed by atoms with Crippen molar-refractivity contribution < 1.29 is 9.53 Å². The first-order chi connectivity index (χ1) is 10.7. The minimum atomic E-state index is -0.0757. The first-order valence-corrected chi connectivity index (χ1v) is 9.43.